The molecule has 0 spiro atoms. The Morgan fingerprint density at radius 2 is 1.79 bits per heavy atom. The van der Waals surface area contributed by atoms with E-state index in [9.17, 15) is 0 Å². The third-order valence-corrected chi connectivity index (χ3v) is 4.33. The van der Waals surface area contributed by atoms with E-state index in [1.54, 1.807) is 12.4 Å². The highest BCUT2D eigenvalue weighted by molar-refractivity contribution is 5.93. The van der Waals surface area contributed by atoms with Gasteiger partial charge in [-0.3, -0.25) is 0 Å². The van der Waals surface area contributed by atoms with Crippen molar-refractivity contribution >= 4 is 16.6 Å². The van der Waals surface area contributed by atoms with E-state index in [-0.39, 0.29) is 6.10 Å². The van der Waals surface area contributed by atoms with Gasteiger partial charge in [-0.15, -0.1) is 5.10 Å². The Labute approximate surface area is 140 Å². The molecule has 0 N–H and O–H groups in total. The first kappa shape index (κ1) is 14.8. The zero-order valence-electron chi connectivity index (χ0n) is 13.8. The smallest absolute Gasteiger partial charge is 0.316 e. The van der Waals surface area contributed by atoms with E-state index in [1.165, 1.54) is 0 Å². The summed E-state index contributed by atoms with van der Waals surface area (Å²) in [4.78, 5) is 10.7. The fourth-order valence-electron chi connectivity index (χ4n) is 3.06. The summed E-state index contributed by atoms with van der Waals surface area (Å²) in [6, 6.07) is 8.70. The van der Waals surface area contributed by atoms with Crippen LogP contribution in [-0.4, -0.2) is 39.4 Å². The van der Waals surface area contributed by atoms with Crippen LogP contribution in [-0.2, 0) is 0 Å². The number of anilines is 1. The van der Waals surface area contributed by atoms with Gasteiger partial charge in [0.1, 0.15) is 6.10 Å². The average molecular weight is 321 g/mol. The second-order valence-electron chi connectivity index (χ2n) is 6.17. The van der Waals surface area contributed by atoms with E-state index in [0.717, 1.165) is 47.4 Å². The molecule has 0 amide bonds. The number of nitrogens with zero attached hydrogens (tertiary/aromatic N) is 5. The Kier molecular flexibility index (Phi) is 3.72. The average Bonchev–Trinajstić information content (AvgIpc) is 3.06. The molecule has 0 bridgehead atoms. The summed E-state index contributed by atoms with van der Waals surface area (Å²) < 4.78 is 5.91. The van der Waals surface area contributed by atoms with Gasteiger partial charge in [-0.25, -0.2) is 9.97 Å². The lowest BCUT2D eigenvalue weighted by molar-refractivity contribution is 0.206. The number of benzene rings is 1. The minimum atomic E-state index is 0.0644. The predicted octanol–water partition coefficient (Wildman–Crippen LogP) is 2.69. The molecule has 6 nitrogen and oxygen atoms in total. The summed E-state index contributed by atoms with van der Waals surface area (Å²) in [5.74, 6) is 0.923. The summed E-state index contributed by atoms with van der Waals surface area (Å²) in [5, 5.41) is 11.0. The fourth-order valence-corrected chi connectivity index (χ4v) is 3.06. The first-order valence-corrected chi connectivity index (χ1v) is 8.13. The van der Waals surface area contributed by atoms with Crippen molar-refractivity contribution < 1.29 is 4.74 Å². The molecule has 3 heterocycles. The highest BCUT2D eigenvalue weighted by atomic mass is 16.5. The number of aromatic nitrogens is 4. The lowest BCUT2D eigenvalue weighted by Crippen LogP contribution is -2.26. The van der Waals surface area contributed by atoms with Gasteiger partial charge in [0, 0.05) is 36.1 Å². The lowest BCUT2D eigenvalue weighted by atomic mass is 10.1. The van der Waals surface area contributed by atoms with Crippen LogP contribution in [0, 0.1) is 13.8 Å². The zero-order chi connectivity index (χ0) is 16.5. The number of hydrogen-bond donors (Lipinski definition) is 0. The van der Waals surface area contributed by atoms with Gasteiger partial charge in [0.05, 0.1) is 12.2 Å². The topological polar surface area (TPSA) is 64.0 Å². The molecular formula is C18H19N5O. The molecule has 1 aliphatic heterocycles. The summed E-state index contributed by atoms with van der Waals surface area (Å²) in [5.41, 5.74) is 1.98. The predicted molar refractivity (Wildman–Crippen MR) is 92.3 cm³/mol. The SMILES string of the molecule is Cc1cnc(OC2CCN(c3nnc(C)c4ccccc34)C2)nc1. The van der Waals surface area contributed by atoms with Gasteiger partial charge in [-0.2, -0.15) is 5.10 Å². The number of hydrogen-bond acceptors (Lipinski definition) is 6. The van der Waals surface area contributed by atoms with Crippen molar-refractivity contribution in [1.82, 2.24) is 20.2 Å². The Hall–Kier alpha value is -2.76. The molecule has 1 aliphatic rings. The van der Waals surface area contributed by atoms with Gasteiger partial charge in [-0.05, 0) is 19.4 Å². The monoisotopic (exact) mass is 321 g/mol. The van der Waals surface area contributed by atoms with Crippen LogP contribution in [0.15, 0.2) is 36.7 Å². The van der Waals surface area contributed by atoms with Crippen molar-refractivity contribution in [2.45, 2.75) is 26.4 Å². The second-order valence-corrected chi connectivity index (χ2v) is 6.17. The standard InChI is InChI=1S/C18H19N5O/c1-12-9-19-18(20-10-12)24-14-7-8-23(11-14)17-16-6-4-3-5-15(16)13(2)21-22-17/h3-6,9-10,14H,7-8,11H2,1-2H3. The third kappa shape index (κ3) is 2.75. The van der Waals surface area contributed by atoms with Crippen molar-refractivity contribution in [2.24, 2.45) is 0 Å². The molecule has 3 aromatic rings. The van der Waals surface area contributed by atoms with Gasteiger partial charge in [0.15, 0.2) is 5.82 Å². The summed E-state index contributed by atoms with van der Waals surface area (Å²) >= 11 is 0. The number of rotatable bonds is 3. The van der Waals surface area contributed by atoms with Gasteiger partial charge in [0.2, 0.25) is 0 Å². The quantitative estimate of drug-likeness (QED) is 0.739. The van der Waals surface area contributed by atoms with E-state index < -0.39 is 0 Å². The van der Waals surface area contributed by atoms with Crippen molar-refractivity contribution in [1.29, 1.82) is 0 Å². The molecule has 0 radical (unpaired) electrons. The minimum Gasteiger partial charge on any atom is -0.458 e. The van der Waals surface area contributed by atoms with E-state index >= 15 is 0 Å². The first-order valence-electron chi connectivity index (χ1n) is 8.13. The van der Waals surface area contributed by atoms with Crippen LogP contribution < -0.4 is 9.64 Å². The van der Waals surface area contributed by atoms with E-state index in [2.05, 4.69) is 37.2 Å². The molecule has 4 rings (SSSR count). The molecule has 1 unspecified atom stereocenters. The second kappa shape index (κ2) is 6.03. The zero-order valence-corrected chi connectivity index (χ0v) is 13.8. The van der Waals surface area contributed by atoms with Crippen LogP contribution in [0.25, 0.3) is 10.8 Å². The van der Waals surface area contributed by atoms with Crippen molar-refractivity contribution in [3.63, 3.8) is 0 Å². The number of ether oxygens (including phenoxy) is 1. The molecular weight excluding hydrogens is 302 g/mol. The fraction of sp³-hybridized carbons (Fsp3) is 0.333. The third-order valence-electron chi connectivity index (χ3n) is 4.33. The lowest BCUT2D eigenvalue weighted by Gasteiger charge is -2.19. The highest BCUT2D eigenvalue weighted by Gasteiger charge is 2.27. The van der Waals surface area contributed by atoms with E-state index in [4.69, 9.17) is 4.74 Å². The molecule has 6 heteroatoms. The first-order chi connectivity index (χ1) is 11.7. The van der Waals surface area contributed by atoms with Gasteiger partial charge in [-0.1, -0.05) is 24.3 Å². The molecule has 1 atom stereocenters. The van der Waals surface area contributed by atoms with Crippen LogP contribution in [0.1, 0.15) is 17.7 Å². The molecule has 24 heavy (non-hydrogen) atoms. The minimum absolute atomic E-state index is 0.0644. The van der Waals surface area contributed by atoms with Crippen LogP contribution in [0.2, 0.25) is 0 Å². The normalized spacial score (nSPS) is 17.4. The van der Waals surface area contributed by atoms with Gasteiger partial charge >= 0.3 is 6.01 Å². The maximum atomic E-state index is 5.91. The molecule has 122 valence electrons. The Balaban J connectivity index is 1.55. The Morgan fingerprint density at radius 3 is 2.58 bits per heavy atom. The highest BCUT2D eigenvalue weighted by Crippen LogP contribution is 2.28. The van der Waals surface area contributed by atoms with E-state index in [1.807, 2.05) is 26.0 Å². The van der Waals surface area contributed by atoms with Crippen LogP contribution in [0.3, 0.4) is 0 Å². The molecule has 2 aromatic heterocycles. The van der Waals surface area contributed by atoms with Gasteiger partial charge < -0.3 is 9.64 Å². The molecule has 0 aliphatic carbocycles. The number of aryl methyl sites for hydroxylation is 2. The van der Waals surface area contributed by atoms with Crippen LogP contribution >= 0.6 is 0 Å². The van der Waals surface area contributed by atoms with Crippen molar-refractivity contribution in [3.05, 3.63) is 47.9 Å². The molecule has 1 aromatic carbocycles. The molecule has 0 saturated carbocycles. The van der Waals surface area contributed by atoms with Crippen LogP contribution in [0.5, 0.6) is 6.01 Å². The maximum absolute atomic E-state index is 5.91. The van der Waals surface area contributed by atoms with E-state index in [0.29, 0.717) is 6.01 Å². The Bertz CT molecular complexity index is 865. The summed E-state index contributed by atoms with van der Waals surface area (Å²) in [6.45, 7) is 5.60. The van der Waals surface area contributed by atoms with Crippen molar-refractivity contribution in [3.8, 4) is 6.01 Å². The largest absolute Gasteiger partial charge is 0.458 e. The molecule has 1 saturated heterocycles. The summed E-state index contributed by atoms with van der Waals surface area (Å²) in [7, 11) is 0. The number of fused-ring (bicyclic) bond motifs is 1. The van der Waals surface area contributed by atoms with Gasteiger partial charge in [0.25, 0.3) is 0 Å². The Morgan fingerprint density at radius 1 is 1.04 bits per heavy atom. The summed E-state index contributed by atoms with van der Waals surface area (Å²) in [6.07, 6.45) is 4.53. The molecule has 1 fully saturated rings. The van der Waals surface area contributed by atoms with Crippen molar-refractivity contribution in [2.75, 3.05) is 18.0 Å². The van der Waals surface area contributed by atoms with Crippen LogP contribution in [0.4, 0.5) is 5.82 Å². The maximum Gasteiger partial charge on any atom is 0.316 e.